The second-order valence-electron chi connectivity index (χ2n) is 4.79. The van der Waals surface area contributed by atoms with Gasteiger partial charge in [-0.25, -0.2) is 9.18 Å². The minimum Gasteiger partial charge on any atom is -0.383 e. The van der Waals surface area contributed by atoms with Crippen LogP contribution in [-0.4, -0.2) is 21.6 Å². The van der Waals surface area contributed by atoms with E-state index in [1.54, 1.807) is 0 Å². The third-order valence-electron chi connectivity index (χ3n) is 2.91. The molecule has 0 bridgehead atoms. The highest BCUT2D eigenvalue weighted by Gasteiger charge is 2.34. The van der Waals surface area contributed by atoms with Crippen molar-refractivity contribution in [3.05, 3.63) is 53.1 Å². The largest absolute Gasteiger partial charge is 0.435 e. The Labute approximate surface area is 133 Å². The van der Waals surface area contributed by atoms with Crippen molar-refractivity contribution in [3.63, 3.8) is 0 Å². The Morgan fingerprint density at radius 1 is 1.33 bits per heavy atom. The highest BCUT2D eigenvalue weighted by atomic mass is 19.4. The van der Waals surface area contributed by atoms with E-state index in [4.69, 9.17) is 5.73 Å². The second-order valence-corrected chi connectivity index (χ2v) is 4.79. The van der Waals surface area contributed by atoms with Gasteiger partial charge < -0.3 is 10.6 Å². The summed E-state index contributed by atoms with van der Waals surface area (Å²) in [5.74, 6) is -1.67. The molecule has 0 atom stereocenters. The van der Waals surface area contributed by atoms with Crippen molar-refractivity contribution in [1.29, 1.82) is 0 Å². The lowest BCUT2D eigenvalue weighted by molar-refractivity contribution is -0.141. The number of rotatable bonds is 4. The zero-order valence-electron chi connectivity index (χ0n) is 12.3. The van der Waals surface area contributed by atoms with E-state index < -0.39 is 23.7 Å². The first-order chi connectivity index (χ1) is 11.2. The molecule has 0 aliphatic rings. The van der Waals surface area contributed by atoms with E-state index in [9.17, 15) is 22.4 Å². The van der Waals surface area contributed by atoms with Gasteiger partial charge in [-0.1, -0.05) is 5.16 Å². The molecule has 2 N–H and O–H groups in total. The number of hydrogen-bond donors (Lipinski definition) is 1. The van der Waals surface area contributed by atoms with Crippen LogP contribution in [0.3, 0.4) is 0 Å². The molecule has 6 nitrogen and oxygen atoms in total. The van der Waals surface area contributed by atoms with Crippen LogP contribution in [0.25, 0.3) is 0 Å². The number of halogens is 4. The maximum absolute atomic E-state index is 12.7. The van der Waals surface area contributed by atoms with E-state index in [0.717, 1.165) is 22.9 Å². The molecule has 0 saturated carbocycles. The SMILES string of the molecule is Cc1cc(C(F)(F)F)nn1C/C(N)=N\OC(=O)c1ccc(F)cc1. The number of benzene rings is 1. The molecule has 0 unspecified atom stereocenters. The quantitative estimate of drug-likeness (QED) is 0.304. The first kappa shape index (κ1) is 17.4. The summed E-state index contributed by atoms with van der Waals surface area (Å²) in [6.45, 7) is 1.12. The average Bonchev–Trinajstić information content (AvgIpc) is 2.87. The van der Waals surface area contributed by atoms with Gasteiger partial charge in [0.15, 0.2) is 11.5 Å². The summed E-state index contributed by atoms with van der Waals surface area (Å²) < 4.78 is 51.4. The fourth-order valence-electron chi connectivity index (χ4n) is 1.73. The van der Waals surface area contributed by atoms with Gasteiger partial charge in [0.25, 0.3) is 0 Å². The Morgan fingerprint density at radius 2 is 1.96 bits per heavy atom. The number of hydrogen-bond acceptors (Lipinski definition) is 4. The van der Waals surface area contributed by atoms with Crippen LogP contribution in [-0.2, 0) is 17.6 Å². The molecule has 0 spiro atoms. The zero-order chi connectivity index (χ0) is 17.9. The molecule has 1 aromatic carbocycles. The highest BCUT2D eigenvalue weighted by Crippen LogP contribution is 2.28. The number of nitrogens with zero attached hydrogens (tertiary/aromatic N) is 3. The number of aromatic nitrogens is 2. The van der Waals surface area contributed by atoms with E-state index in [1.807, 2.05) is 0 Å². The highest BCUT2D eigenvalue weighted by molar-refractivity contribution is 5.90. The molecule has 24 heavy (non-hydrogen) atoms. The van der Waals surface area contributed by atoms with Gasteiger partial charge in [0.05, 0.1) is 5.56 Å². The van der Waals surface area contributed by atoms with Crippen molar-refractivity contribution in [1.82, 2.24) is 9.78 Å². The molecule has 2 aromatic rings. The summed E-state index contributed by atoms with van der Waals surface area (Å²) in [5.41, 5.74) is 4.71. The number of oxime groups is 1. The number of aryl methyl sites for hydroxylation is 1. The molecule has 10 heteroatoms. The molecule has 0 aliphatic heterocycles. The predicted octanol–water partition coefficient (Wildman–Crippen LogP) is 2.48. The number of alkyl halides is 3. The van der Waals surface area contributed by atoms with Crippen molar-refractivity contribution in [2.45, 2.75) is 19.6 Å². The van der Waals surface area contributed by atoms with E-state index >= 15 is 0 Å². The van der Waals surface area contributed by atoms with Gasteiger partial charge in [-0.15, -0.1) is 0 Å². The second kappa shape index (κ2) is 6.69. The van der Waals surface area contributed by atoms with Crippen LogP contribution >= 0.6 is 0 Å². The normalized spacial score (nSPS) is 12.3. The van der Waals surface area contributed by atoms with Gasteiger partial charge >= 0.3 is 12.1 Å². The Kier molecular flexibility index (Phi) is 4.86. The Bertz CT molecular complexity index is 766. The fraction of sp³-hybridized carbons (Fsp3) is 0.214. The van der Waals surface area contributed by atoms with Crippen molar-refractivity contribution in [3.8, 4) is 0 Å². The van der Waals surface area contributed by atoms with Gasteiger partial charge in [-0.2, -0.15) is 18.3 Å². The first-order valence-corrected chi connectivity index (χ1v) is 6.57. The molecular formula is C14H12F4N4O2. The van der Waals surface area contributed by atoms with E-state index in [2.05, 4.69) is 15.1 Å². The number of carbonyl (C=O) groups excluding carboxylic acids is 1. The third-order valence-corrected chi connectivity index (χ3v) is 2.91. The van der Waals surface area contributed by atoms with Crippen LogP contribution in [0, 0.1) is 12.7 Å². The molecule has 0 radical (unpaired) electrons. The van der Waals surface area contributed by atoms with Crippen LogP contribution in [0.4, 0.5) is 17.6 Å². The summed E-state index contributed by atoms with van der Waals surface area (Å²) in [6, 6.07) is 5.37. The minimum atomic E-state index is -4.57. The number of nitrogens with two attached hydrogens (primary N) is 1. The Morgan fingerprint density at radius 3 is 2.50 bits per heavy atom. The standard InChI is InChI=1S/C14H12F4N4O2/c1-8-6-11(14(16,17)18)20-22(8)7-12(19)21-24-13(23)9-2-4-10(15)5-3-9/h2-6H,7H2,1H3,(H2,19,21). The molecule has 0 fully saturated rings. The van der Waals surface area contributed by atoms with E-state index in [1.165, 1.54) is 19.1 Å². The van der Waals surface area contributed by atoms with Gasteiger partial charge in [-0.05, 0) is 37.3 Å². The smallest absolute Gasteiger partial charge is 0.383 e. The maximum Gasteiger partial charge on any atom is 0.435 e. The lowest BCUT2D eigenvalue weighted by Gasteiger charge is -2.04. The molecule has 1 aromatic heterocycles. The third kappa shape index (κ3) is 4.31. The van der Waals surface area contributed by atoms with Gasteiger partial charge in [0.2, 0.25) is 0 Å². The first-order valence-electron chi connectivity index (χ1n) is 6.57. The zero-order valence-corrected chi connectivity index (χ0v) is 12.3. The predicted molar refractivity (Wildman–Crippen MR) is 75.4 cm³/mol. The molecule has 0 saturated heterocycles. The van der Waals surface area contributed by atoms with E-state index in [-0.39, 0.29) is 23.6 Å². The van der Waals surface area contributed by atoms with Crippen LogP contribution < -0.4 is 5.73 Å². The van der Waals surface area contributed by atoms with Gasteiger partial charge in [-0.3, -0.25) is 4.68 Å². The Hall–Kier alpha value is -2.91. The van der Waals surface area contributed by atoms with Crippen molar-refractivity contribution < 1.29 is 27.2 Å². The van der Waals surface area contributed by atoms with Crippen molar-refractivity contribution >= 4 is 11.8 Å². The van der Waals surface area contributed by atoms with Crippen LogP contribution in [0.2, 0.25) is 0 Å². The van der Waals surface area contributed by atoms with Crippen molar-refractivity contribution in [2.24, 2.45) is 10.9 Å². The van der Waals surface area contributed by atoms with Crippen LogP contribution in [0.1, 0.15) is 21.7 Å². The van der Waals surface area contributed by atoms with Gasteiger partial charge in [0, 0.05) is 5.69 Å². The lowest BCUT2D eigenvalue weighted by Crippen LogP contribution is -2.22. The number of carbonyl (C=O) groups is 1. The molecule has 128 valence electrons. The monoisotopic (exact) mass is 344 g/mol. The summed E-state index contributed by atoms with van der Waals surface area (Å²) in [6.07, 6.45) is -4.57. The molecule has 0 aliphatic carbocycles. The fourth-order valence-corrected chi connectivity index (χ4v) is 1.73. The minimum absolute atomic E-state index is 0.0441. The summed E-state index contributed by atoms with van der Waals surface area (Å²) in [4.78, 5) is 16.2. The lowest BCUT2D eigenvalue weighted by atomic mass is 10.2. The van der Waals surface area contributed by atoms with Gasteiger partial charge in [0.1, 0.15) is 12.4 Å². The molecule has 1 heterocycles. The number of amidine groups is 1. The molecule has 2 rings (SSSR count). The van der Waals surface area contributed by atoms with Crippen molar-refractivity contribution in [2.75, 3.05) is 0 Å². The summed E-state index contributed by atoms with van der Waals surface area (Å²) in [7, 11) is 0. The molecule has 0 amide bonds. The van der Waals surface area contributed by atoms with Crippen LogP contribution in [0.15, 0.2) is 35.5 Å². The van der Waals surface area contributed by atoms with Crippen LogP contribution in [0.5, 0.6) is 0 Å². The average molecular weight is 344 g/mol. The topological polar surface area (TPSA) is 82.5 Å². The summed E-state index contributed by atoms with van der Waals surface area (Å²) >= 11 is 0. The molecular weight excluding hydrogens is 332 g/mol. The van der Waals surface area contributed by atoms with E-state index in [0.29, 0.717) is 0 Å². The summed E-state index contributed by atoms with van der Waals surface area (Å²) in [5, 5.41) is 6.70. The maximum atomic E-state index is 12.7. The Balaban J connectivity index is 2.03.